The van der Waals surface area contributed by atoms with Gasteiger partial charge in [-0.1, -0.05) is 6.07 Å². The Hall–Kier alpha value is -1.96. The van der Waals surface area contributed by atoms with Crippen LogP contribution >= 0.6 is 15.9 Å². The van der Waals surface area contributed by atoms with Crippen LogP contribution in [0.5, 0.6) is 0 Å². The number of carboxylic acids is 1. The van der Waals surface area contributed by atoms with Gasteiger partial charge in [0.05, 0.1) is 17.1 Å². The number of ether oxygens (including phenoxy) is 1. The third-order valence-electron chi connectivity index (χ3n) is 2.66. The molecular weight excluding hydrogens is 349 g/mol. The number of aliphatic carboxylic acids is 1. The fraction of sp³-hybridized carbons (Fsp3) is 0.308. The maximum Gasteiger partial charge on any atom is 0.326 e. The minimum absolute atomic E-state index is 0.0941. The molecule has 0 radical (unpaired) electrons. The molecule has 0 aliphatic heterocycles. The van der Waals surface area contributed by atoms with Crippen molar-refractivity contribution in [2.75, 3.05) is 7.11 Å². The minimum Gasteiger partial charge on any atom is -0.480 e. The molecule has 0 aliphatic carbocycles. The molecule has 6 nitrogen and oxygen atoms in total. The van der Waals surface area contributed by atoms with Crippen molar-refractivity contribution in [3.8, 4) is 0 Å². The van der Waals surface area contributed by atoms with E-state index in [2.05, 4.69) is 26.0 Å². The number of esters is 1. The highest BCUT2D eigenvalue weighted by Gasteiger charge is 2.23. The number of hydrogen-bond acceptors (Lipinski definition) is 4. The van der Waals surface area contributed by atoms with Crippen LogP contribution in [-0.4, -0.2) is 36.1 Å². The highest BCUT2D eigenvalue weighted by molar-refractivity contribution is 9.10. The Morgan fingerprint density at radius 3 is 2.67 bits per heavy atom. The molecule has 0 bridgehead atoms. The average molecular weight is 362 g/mol. The van der Waals surface area contributed by atoms with Crippen molar-refractivity contribution in [3.05, 3.63) is 34.1 Å². The van der Waals surface area contributed by atoms with Gasteiger partial charge >= 0.3 is 11.9 Å². The van der Waals surface area contributed by atoms with E-state index in [1.165, 1.54) is 25.3 Å². The Morgan fingerprint density at radius 1 is 1.43 bits per heavy atom. The fourth-order valence-electron chi connectivity index (χ4n) is 1.54. The van der Waals surface area contributed by atoms with Gasteiger partial charge in [-0.15, -0.1) is 0 Å². The first kappa shape index (κ1) is 17.1. The number of hydrogen-bond donors (Lipinski definition) is 2. The number of amides is 1. The lowest BCUT2D eigenvalue weighted by molar-refractivity contribution is -0.142. The predicted molar refractivity (Wildman–Crippen MR) is 74.2 cm³/mol. The summed E-state index contributed by atoms with van der Waals surface area (Å²) in [6.07, 6.45) is -0.321. The molecule has 1 aromatic carbocycles. The van der Waals surface area contributed by atoms with Gasteiger partial charge < -0.3 is 15.2 Å². The number of rotatable bonds is 6. The number of carbonyl (C=O) groups excluding carboxylic acids is 2. The van der Waals surface area contributed by atoms with E-state index in [1.807, 2.05) is 0 Å². The summed E-state index contributed by atoms with van der Waals surface area (Å²) in [6.45, 7) is 0. The minimum atomic E-state index is -1.32. The lowest BCUT2D eigenvalue weighted by Gasteiger charge is -2.14. The summed E-state index contributed by atoms with van der Waals surface area (Å²) < 4.78 is 18.2. The van der Waals surface area contributed by atoms with Gasteiger partial charge in [-0.25, -0.2) is 9.18 Å². The molecular formula is C13H13BrFNO5. The zero-order valence-electron chi connectivity index (χ0n) is 11.1. The third-order valence-corrected chi connectivity index (χ3v) is 3.28. The van der Waals surface area contributed by atoms with E-state index in [1.54, 1.807) is 0 Å². The van der Waals surface area contributed by atoms with Crippen molar-refractivity contribution in [2.45, 2.75) is 18.9 Å². The Morgan fingerprint density at radius 2 is 2.10 bits per heavy atom. The molecule has 21 heavy (non-hydrogen) atoms. The molecule has 114 valence electrons. The quantitative estimate of drug-likeness (QED) is 0.752. The maximum atomic E-state index is 13.7. The summed E-state index contributed by atoms with van der Waals surface area (Å²) >= 11 is 2.94. The van der Waals surface area contributed by atoms with E-state index in [9.17, 15) is 18.8 Å². The van der Waals surface area contributed by atoms with Crippen LogP contribution in [0, 0.1) is 5.82 Å². The van der Waals surface area contributed by atoms with Crippen molar-refractivity contribution in [2.24, 2.45) is 0 Å². The van der Waals surface area contributed by atoms with Crippen LogP contribution in [0.1, 0.15) is 23.2 Å². The number of methoxy groups -OCH3 is 1. The first-order valence-electron chi connectivity index (χ1n) is 5.91. The Bertz CT molecular complexity index is 563. The topological polar surface area (TPSA) is 92.7 Å². The van der Waals surface area contributed by atoms with Crippen molar-refractivity contribution < 1.29 is 28.6 Å². The summed E-state index contributed by atoms with van der Waals surface area (Å²) in [5.74, 6) is -3.56. The van der Waals surface area contributed by atoms with Gasteiger partial charge in [0.2, 0.25) is 0 Å². The van der Waals surface area contributed by atoms with E-state index < -0.39 is 29.7 Å². The summed E-state index contributed by atoms with van der Waals surface area (Å²) in [6, 6.07) is 2.79. The monoisotopic (exact) mass is 361 g/mol. The van der Waals surface area contributed by atoms with E-state index in [4.69, 9.17) is 5.11 Å². The van der Waals surface area contributed by atoms with Crippen molar-refractivity contribution in [1.29, 1.82) is 0 Å². The average Bonchev–Trinajstić information content (AvgIpc) is 2.45. The van der Waals surface area contributed by atoms with Crippen molar-refractivity contribution >= 4 is 33.8 Å². The number of carbonyl (C=O) groups is 3. The first-order valence-corrected chi connectivity index (χ1v) is 6.70. The molecule has 1 amide bonds. The van der Waals surface area contributed by atoms with Crippen LogP contribution in [0.3, 0.4) is 0 Å². The molecule has 0 fully saturated rings. The second kappa shape index (κ2) is 7.72. The second-order valence-corrected chi connectivity index (χ2v) is 4.93. The van der Waals surface area contributed by atoms with Crippen LogP contribution in [0.25, 0.3) is 0 Å². The Balaban J connectivity index is 2.79. The Labute approximate surface area is 128 Å². The summed E-state index contributed by atoms with van der Waals surface area (Å²) in [4.78, 5) is 33.9. The van der Waals surface area contributed by atoms with Gasteiger partial charge in [-0.05, 0) is 34.5 Å². The van der Waals surface area contributed by atoms with Crippen LogP contribution in [0.4, 0.5) is 4.39 Å². The largest absolute Gasteiger partial charge is 0.480 e. The van der Waals surface area contributed by atoms with Gasteiger partial charge in [0, 0.05) is 6.42 Å². The van der Waals surface area contributed by atoms with E-state index in [-0.39, 0.29) is 22.9 Å². The second-order valence-electron chi connectivity index (χ2n) is 4.08. The molecule has 2 N–H and O–H groups in total. The summed E-state index contributed by atoms with van der Waals surface area (Å²) in [5, 5.41) is 11.2. The van der Waals surface area contributed by atoms with E-state index in [0.717, 1.165) is 0 Å². The molecule has 0 spiro atoms. The highest BCUT2D eigenvalue weighted by Crippen LogP contribution is 2.18. The standard InChI is InChI=1S/C13H13BrFNO5/c1-21-10(17)6-5-9(13(19)20)16-12(18)7-3-2-4-8(14)11(7)15/h2-4,9H,5-6H2,1H3,(H,16,18)(H,19,20). The molecule has 8 heteroatoms. The number of carboxylic acid groups (broad SMARTS) is 1. The van der Waals surface area contributed by atoms with Crippen LogP contribution in [0.2, 0.25) is 0 Å². The Kier molecular flexibility index (Phi) is 6.29. The predicted octanol–water partition coefficient (Wildman–Crippen LogP) is 1.72. The third kappa shape index (κ3) is 4.82. The van der Waals surface area contributed by atoms with Gasteiger partial charge in [0.1, 0.15) is 11.9 Å². The van der Waals surface area contributed by atoms with Gasteiger partial charge in [0.25, 0.3) is 5.91 Å². The molecule has 0 heterocycles. The molecule has 1 rings (SSSR count). The van der Waals surface area contributed by atoms with Gasteiger partial charge in [-0.3, -0.25) is 9.59 Å². The smallest absolute Gasteiger partial charge is 0.326 e. The maximum absolute atomic E-state index is 13.7. The highest BCUT2D eigenvalue weighted by atomic mass is 79.9. The fourth-order valence-corrected chi connectivity index (χ4v) is 1.90. The van der Waals surface area contributed by atoms with Crippen LogP contribution in [-0.2, 0) is 14.3 Å². The van der Waals surface area contributed by atoms with E-state index in [0.29, 0.717) is 0 Å². The number of halogens is 2. The van der Waals surface area contributed by atoms with E-state index >= 15 is 0 Å². The SMILES string of the molecule is COC(=O)CCC(NC(=O)c1cccc(Br)c1F)C(=O)O. The number of benzene rings is 1. The molecule has 1 atom stereocenters. The lowest BCUT2D eigenvalue weighted by atomic mass is 10.1. The van der Waals surface area contributed by atoms with Gasteiger partial charge in [0.15, 0.2) is 0 Å². The summed E-state index contributed by atoms with van der Waals surface area (Å²) in [5.41, 5.74) is -0.284. The van der Waals surface area contributed by atoms with Crippen molar-refractivity contribution in [3.63, 3.8) is 0 Å². The first-order chi connectivity index (χ1) is 9.86. The van der Waals surface area contributed by atoms with Crippen LogP contribution < -0.4 is 5.32 Å². The summed E-state index contributed by atoms with van der Waals surface area (Å²) in [7, 11) is 1.17. The van der Waals surface area contributed by atoms with Gasteiger partial charge in [-0.2, -0.15) is 0 Å². The zero-order valence-corrected chi connectivity index (χ0v) is 12.6. The van der Waals surface area contributed by atoms with Crippen molar-refractivity contribution in [1.82, 2.24) is 5.32 Å². The molecule has 1 aromatic rings. The molecule has 0 aliphatic rings. The molecule has 0 aromatic heterocycles. The van der Waals surface area contributed by atoms with Crippen LogP contribution in [0.15, 0.2) is 22.7 Å². The normalized spacial score (nSPS) is 11.6. The lowest BCUT2D eigenvalue weighted by Crippen LogP contribution is -2.41. The molecule has 0 saturated carbocycles. The zero-order chi connectivity index (χ0) is 16.0. The molecule has 1 unspecified atom stereocenters. The molecule has 0 saturated heterocycles. The number of nitrogens with one attached hydrogen (secondary N) is 1.